The van der Waals surface area contributed by atoms with Crippen LogP contribution in [0.15, 0.2) is 12.1 Å². The zero-order chi connectivity index (χ0) is 12.5. The van der Waals surface area contributed by atoms with E-state index in [1.165, 1.54) is 17.7 Å². The highest BCUT2D eigenvalue weighted by Gasteiger charge is 2.41. The van der Waals surface area contributed by atoms with E-state index in [4.69, 9.17) is 5.73 Å². The molecule has 3 heteroatoms. The minimum Gasteiger partial charge on any atom is -0.387 e. The Kier molecular flexibility index (Phi) is 3.91. The SMILES string of the molecule is Cc1ccc(C(O)C2(CN)CCCC(C)C2)s1. The van der Waals surface area contributed by atoms with Crippen LogP contribution in [0, 0.1) is 18.3 Å². The van der Waals surface area contributed by atoms with Crippen molar-refractivity contribution in [3.8, 4) is 0 Å². The maximum atomic E-state index is 10.7. The smallest absolute Gasteiger partial charge is 0.0950 e. The Hall–Kier alpha value is -0.380. The maximum absolute atomic E-state index is 10.7. The van der Waals surface area contributed by atoms with Crippen LogP contribution in [0.4, 0.5) is 0 Å². The Morgan fingerprint density at radius 3 is 2.88 bits per heavy atom. The number of nitrogens with two attached hydrogens (primary N) is 1. The molecule has 2 nitrogen and oxygen atoms in total. The summed E-state index contributed by atoms with van der Waals surface area (Å²) < 4.78 is 0. The number of aliphatic hydroxyl groups is 1. The Balaban J connectivity index is 2.22. The zero-order valence-corrected chi connectivity index (χ0v) is 11.6. The summed E-state index contributed by atoms with van der Waals surface area (Å²) in [5, 5.41) is 10.7. The van der Waals surface area contributed by atoms with Gasteiger partial charge in [-0.15, -0.1) is 11.3 Å². The third kappa shape index (κ3) is 2.56. The molecule has 0 radical (unpaired) electrons. The molecule has 3 N–H and O–H groups in total. The number of hydrogen-bond acceptors (Lipinski definition) is 3. The number of hydrogen-bond donors (Lipinski definition) is 2. The molecule has 1 aliphatic carbocycles. The fourth-order valence-corrected chi connectivity index (χ4v) is 4.15. The Morgan fingerprint density at radius 1 is 1.59 bits per heavy atom. The van der Waals surface area contributed by atoms with Gasteiger partial charge < -0.3 is 10.8 Å². The summed E-state index contributed by atoms with van der Waals surface area (Å²) in [7, 11) is 0. The van der Waals surface area contributed by atoms with Gasteiger partial charge in [-0.25, -0.2) is 0 Å². The molecule has 0 amide bonds. The van der Waals surface area contributed by atoms with E-state index >= 15 is 0 Å². The fraction of sp³-hybridized carbons (Fsp3) is 0.714. The van der Waals surface area contributed by atoms with Crippen molar-refractivity contribution in [2.75, 3.05) is 6.54 Å². The van der Waals surface area contributed by atoms with Crippen LogP contribution < -0.4 is 5.73 Å². The molecule has 96 valence electrons. The monoisotopic (exact) mass is 253 g/mol. The largest absolute Gasteiger partial charge is 0.387 e. The van der Waals surface area contributed by atoms with Gasteiger partial charge in [0.05, 0.1) is 6.10 Å². The first-order valence-corrected chi connectivity index (χ1v) is 7.33. The molecule has 1 fully saturated rings. The predicted molar refractivity (Wildman–Crippen MR) is 73.1 cm³/mol. The van der Waals surface area contributed by atoms with Crippen LogP contribution >= 0.6 is 11.3 Å². The van der Waals surface area contributed by atoms with Gasteiger partial charge in [0.25, 0.3) is 0 Å². The molecule has 1 saturated carbocycles. The Labute approximate surface area is 108 Å². The van der Waals surface area contributed by atoms with Crippen LogP contribution in [-0.4, -0.2) is 11.7 Å². The topological polar surface area (TPSA) is 46.2 Å². The van der Waals surface area contributed by atoms with E-state index < -0.39 is 0 Å². The van der Waals surface area contributed by atoms with Crippen LogP contribution in [0.2, 0.25) is 0 Å². The van der Waals surface area contributed by atoms with Crippen molar-refractivity contribution < 1.29 is 5.11 Å². The summed E-state index contributed by atoms with van der Waals surface area (Å²) in [6.45, 7) is 4.95. The molecule has 3 atom stereocenters. The predicted octanol–water partition coefficient (Wildman–Crippen LogP) is 3.25. The van der Waals surface area contributed by atoms with Crippen molar-refractivity contribution in [1.29, 1.82) is 0 Å². The molecule has 1 heterocycles. The molecule has 0 spiro atoms. The quantitative estimate of drug-likeness (QED) is 0.868. The first kappa shape index (κ1) is 13.1. The number of aryl methyl sites for hydroxylation is 1. The van der Waals surface area contributed by atoms with Crippen molar-refractivity contribution in [2.45, 2.75) is 45.6 Å². The second-order valence-electron chi connectivity index (χ2n) is 5.62. The van der Waals surface area contributed by atoms with E-state index in [1.807, 2.05) is 0 Å². The lowest BCUT2D eigenvalue weighted by Gasteiger charge is -2.42. The fourth-order valence-electron chi connectivity index (χ4n) is 3.15. The number of rotatable bonds is 3. The van der Waals surface area contributed by atoms with Crippen LogP contribution in [0.25, 0.3) is 0 Å². The molecule has 0 aliphatic heterocycles. The van der Waals surface area contributed by atoms with Crippen molar-refractivity contribution in [3.05, 3.63) is 21.9 Å². The second-order valence-corrected chi connectivity index (χ2v) is 6.94. The third-order valence-corrected chi connectivity index (χ3v) is 5.20. The van der Waals surface area contributed by atoms with Gasteiger partial charge in [0.1, 0.15) is 0 Å². The van der Waals surface area contributed by atoms with Gasteiger partial charge in [0.2, 0.25) is 0 Å². The summed E-state index contributed by atoms with van der Waals surface area (Å²) in [5.74, 6) is 0.683. The molecule has 0 saturated heterocycles. The summed E-state index contributed by atoms with van der Waals surface area (Å²) in [6.07, 6.45) is 4.21. The third-order valence-electron chi connectivity index (χ3n) is 4.14. The van der Waals surface area contributed by atoms with Gasteiger partial charge >= 0.3 is 0 Å². The highest BCUT2D eigenvalue weighted by atomic mass is 32.1. The first-order chi connectivity index (χ1) is 8.07. The highest BCUT2D eigenvalue weighted by Crippen LogP contribution is 2.48. The number of thiophene rings is 1. The van der Waals surface area contributed by atoms with Gasteiger partial charge in [0, 0.05) is 21.7 Å². The lowest BCUT2D eigenvalue weighted by molar-refractivity contribution is -0.0108. The molecule has 1 aromatic rings. The van der Waals surface area contributed by atoms with Gasteiger partial charge in [-0.05, 0) is 37.8 Å². The van der Waals surface area contributed by atoms with Crippen molar-refractivity contribution >= 4 is 11.3 Å². The molecule has 0 aromatic carbocycles. The van der Waals surface area contributed by atoms with E-state index in [2.05, 4.69) is 26.0 Å². The second kappa shape index (κ2) is 5.09. The van der Waals surface area contributed by atoms with Gasteiger partial charge in [-0.3, -0.25) is 0 Å². The summed E-state index contributed by atoms with van der Waals surface area (Å²) in [4.78, 5) is 2.34. The molecule has 2 rings (SSSR count). The Morgan fingerprint density at radius 2 is 2.35 bits per heavy atom. The minimum atomic E-state index is -0.381. The number of aliphatic hydroxyl groups excluding tert-OH is 1. The molecular formula is C14H23NOS. The molecule has 0 bridgehead atoms. The minimum absolute atomic E-state index is 0.0883. The van der Waals surface area contributed by atoms with E-state index in [1.54, 1.807) is 11.3 Å². The van der Waals surface area contributed by atoms with Gasteiger partial charge in [-0.1, -0.05) is 19.8 Å². The highest BCUT2D eigenvalue weighted by molar-refractivity contribution is 7.12. The van der Waals surface area contributed by atoms with E-state index in [-0.39, 0.29) is 11.5 Å². The maximum Gasteiger partial charge on any atom is 0.0950 e. The van der Waals surface area contributed by atoms with Crippen molar-refractivity contribution in [3.63, 3.8) is 0 Å². The van der Waals surface area contributed by atoms with Gasteiger partial charge in [-0.2, -0.15) is 0 Å². The zero-order valence-electron chi connectivity index (χ0n) is 10.8. The van der Waals surface area contributed by atoms with Crippen molar-refractivity contribution in [1.82, 2.24) is 0 Å². The van der Waals surface area contributed by atoms with Gasteiger partial charge in [0.15, 0.2) is 0 Å². The Bertz CT molecular complexity index is 376. The first-order valence-electron chi connectivity index (χ1n) is 6.52. The molecule has 1 aliphatic rings. The molecular weight excluding hydrogens is 230 g/mol. The molecule has 17 heavy (non-hydrogen) atoms. The average Bonchev–Trinajstić information content (AvgIpc) is 2.74. The molecule has 1 aromatic heterocycles. The average molecular weight is 253 g/mol. The van der Waals surface area contributed by atoms with E-state index in [0.29, 0.717) is 12.5 Å². The molecule has 3 unspecified atom stereocenters. The van der Waals surface area contributed by atoms with E-state index in [0.717, 1.165) is 17.7 Å². The van der Waals surface area contributed by atoms with E-state index in [9.17, 15) is 5.11 Å². The van der Waals surface area contributed by atoms with Crippen LogP contribution in [0.3, 0.4) is 0 Å². The summed E-state index contributed by atoms with van der Waals surface area (Å²) >= 11 is 1.70. The van der Waals surface area contributed by atoms with Crippen LogP contribution in [0.5, 0.6) is 0 Å². The summed E-state index contributed by atoms with van der Waals surface area (Å²) in [5.41, 5.74) is 5.90. The van der Waals surface area contributed by atoms with Crippen LogP contribution in [-0.2, 0) is 0 Å². The normalized spacial score (nSPS) is 31.4. The van der Waals surface area contributed by atoms with Crippen molar-refractivity contribution in [2.24, 2.45) is 17.1 Å². The van der Waals surface area contributed by atoms with Crippen LogP contribution in [0.1, 0.15) is 48.5 Å². The summed E-state index contributed by atoms with van der Waals surface area (Å²) in [6, 6.07) is 4.14. The standard InChI is InChI=1S/C14H23NOS/c1-10-4-3-7-14(8-10,9-15)13(16)12-6-5-11(2)17-12/h5-6,10,13,16H,3-4,7-9,15H2,1-2H3. The lowest BCUT2D eigenvalue weighted by Crippen LogP contribution is -2.40. The lowest BCUT2D eigenvalue weighted by atomic mass is 9.66.